The van der Waals surface area contributed by atoms with Gasteiger partial charge in [-0.2, -0.15) is 0 Å². The topological polar surface area (TPSA) is 82.0 Å². The van der Waals surface area contributed by atoms with Gasteiger partial charge in [0.15, 0.2) is 0 Å². The molecule has 0 unspecified atom stereocenters. The zero-order valence-electron chi connectivity index (χ0n) is 14.6. The Kier molecular flexibility index (Phi) is 6.25. The first-order valence-corrected chi connectivity index (χ1v) is 8.08. The minimum atomic E-state index is -0.762. The van der Waals surface area contributed by atoms with Gasteiger partial charge in [0.05, 0.1) is 12.8 Å². The van der Waals surface area contributed by atoms with E-state index >= 15 is 0 Å². The zero-order chi connectivity index (χ0) is 18.4. The Morgan fingerprint density at radius 2 is 1.88 bits per heavy atom. The van der Waals surface area contributed by atoms with Crippen molar-refractivity contribution in [2.45, 2.75) is 32.5 Å². The number of phenolic OH excluding ortho intramolecular Hbond substituents is 1. The summed E-state index contributed by atoms with van der Waals surface area (Å²) in [4.78, 5) is 12.5. The minimum absolute atomic E-state index is 0.0128. The summed E-state index contributed by atoms with van der Waals surface area (Å²) in [5, 5.41) is 22.9. The van der Waals surface area contributed by atoms with Gasteiger partial charge in [-0.15, -0.1) is 0 Å². The molecule has 0 aromatic heterocycles. The number of hydrogen-bond acceptors (Lipinski definition) is 5. The number of phenols is 1. The summed E-state index contributed by atoms with van der Waals surface area (Å²) in [6.07, 6.45) is 0.0902. The molecule has 6 heteroatoms. The Labute approximate surface area is 147 Å². The van der Waals surface area contributed by atoms with Crippen LogP contribution in [0.15, 0.2) is 42.5 Å². The summed E-state index contributed by atoms with van der Waals surface area (Å²) in [7, 11) is 1.61. The van der Waals surface area contributed by atoms with Crippen molar-refractivity contribution >= 4 is 17.8 Å². The van der Waals surface area contributed by atoms with E-state index in [9.17, 15) is 15.0 Å². The number of hydrogen-bond donors (Lipinski definition) is 3. The monoisotopic (exact) mass is 344 g/mol. The molecule has 0 radical (unpaired) electrons. The number of aromatic hydroxyl groups is 1. The second kappa shape index (κ2) is 8.39. The van der Waals surface area contributed by atoms with E-state index in [0.29, 0.717) is 18.5 Å². The fourth-order valence-electron chi connectivity index (χ4n) is 2.77. The van der Waals surface area contributed by atoms with Crippen molar-refractivity contribution in [3.8, 4) is 11.5 Å². The minimum Gasteiger partial charge on any atom is -0.506 e. The van der Waals surface area contributed by atoms with Crippen molar-refractivity contribution in [1.82, 2.24) is 0 Å². The molecule has 0 aliphatic carbocycles. The highest BCUT2D eigenvalue weighted by atomic mass is 16.5. The highest BCUT2D eigenvalue weighted by Gasteiger charge is 2.20. The largest absolute Gasteiger partial charge is 0.506 e. The summed E-state index contributed by atoms with van der Waals surface area (Å²) in [5.74, 6) is 0.742. The van der Waals surface area contributed by atoms with Crippen LogP contribution in [0.1, 0.15) is 19.4 Å². The number of ether oxygens (including phenoxy) is 1. The van der Waals surface area contributed by atoms with Crippen molar-refractivity contribution in [2.24, 2.45) is 0 Å². The first-order valence-electron chi connectivity index (χ1n) is 8.08. The van der Waals surface area contributed by atoms with E-state index in [2.05, 4.69) is 5.32 Å². The molecule has 1 atom stereocenters. The Morgan fingerprint density at radius 3 is 2.44 bits per heavy atom. The van der Waals surface area contributed by atoms with Crippen molar-refractivity contribution in [3.63, 3.8) is 0 Å². The maximum absolute atomic E-state index is 10.7. The molecule has 0 saturated carbocycles. The van der Waals surface area contributed by atoms with E-state index in [1.165, 1.54) is 6.07 Å². The number of aliphatic hydroxyl groups excluding tert-OH is 1. The normalized spacial score (nSPS) is 11.9. The molecule has 6 nitrogen and oxygen atoms in total. The van der Waals surface area contributed by atoms with Gasteiger partial charge in [0, 0.05) is 18.2 Å². The van der Waals surface area contributed by atoms with Crippen LogP contribution >= 0.6 is 0 Å². The molecule has 0 bridgehead atoms. The third kappa shape index (κ3) is 4.64. The first-order chi connectivity index (χ1) is 12.0. The summed E-state index contributed by atoms with van der Waals surface area (Å²) in [6, 6.07) is 12.5. The molecule has 0 heterocycles. The maximum Gasteiger partial charge on any atom is 0.211 e. The Hall–Kier alpha value is -2.73. The zero-order valence-corrected chi connectivity index (χ0v) is 14.6. The van der Waals surface area contributed by atoms with E-state index in [1.807, 2.05) is 43.0 Å². The number of carbonyl (C=O) groups is 1. The number of nitrogens with zero attached hydrogens (tertiary/aromatic N) is 1. The number of nitrogens with one attached hydrogen (secondary N) is 1. The standard InChI is InChI=1S/C19H24N2O4/c1-13(2)21(15-5-7-16(25-3)8-6-15)19(24)11-14-4-9-18(23)17(10-14)20-12-22/h4-10,12-13,19,23-24H,11H2,1-3H3,(H,20,22)/t19-/m1/s1. The van der Waals surface area contributed by atoms with E-state index < -0.39 is 6.23 Å². The number of methoxy groups -OCH3 is 1. The van der Waals surface area contributed by atoms with Gasteiger partial charge in [-0.3, -0.25) is 4.79 Å². The lowest BCUT2D eigenvalue weighted by atomic mass is 10.1. The number of aliphatic hydroxyl groups is 1. The molecule has 2 rings (SSSR count). The number of carbonyl (C=O) groups excluding carboxylic acids is 1. The molecular weight excluding hydrogens is 320 g/mol. The predicted octanol–water partition coefficient (Wildman–Crippen LogP) is 2.75. The van der Waals surface area contributed by atoms with Gasteiger partial charge in [0.2, 0.25) is 6.41 Å². The van der Waals surface area contributed by atoms with Crippen molar-refractivity contribution in [2.75, 3.05) is 17.3 Å². The third-order valence-corrected chi connectivity index (χ3v) is 3.94. The highest BCUT2D eigenvalue weighted by molar-refractivity contribution is 5.75. The number of benzene rings is 2. The van der Waals surface area contributed by atoms with E-state index in [-0.39, 0.29) is 11.8 Å². The lowest BCUT2D eigenvalue weighted by Crippen LogP contribution is -2.41. The molecule has 0 aliphatic heterocycles. The second-order valence-electron chi connectivity index (χ2n) is 6.00. The van der Waals surface area contributed by atoms with Crippen LogP contribution in [0.25, 0.3) is 0 Å². The van der Waals surface area contributed by atoms with Crippen LogP contribution in [0.4, 0.5) is 11.4 Å². The molecule has 0 saturated heterocycles. The average Bonchev–Trinajstić information content (AvgIpc) is 2.58. The molecular formula is C19H24N2O4. The van der Waals surface area contributed by atoms with E-state index in [4.69, 9.17) is 4.74 Å². The lowest BCUT2D eigenvalue weighted by molar-refractivity contribution is -0.105. The quantitative estimate of drug-likeness (QED) is 0.390. The molecule has 2 aromatic carbocycles. The van der Waals surface area contributed by atoms with E-state index in [1.54, 1.807) is 19.2 Å². The maximum atomic E-state index is 10.7. The van der Waals surface area contributed by atoms with Crippen molar-refractivity contribution < 1.29 is 19.7 Å². The highest BCUT2D eigenvalue weighted by Crippen LogP contribution is 2.27. The van der Waals surface area contributed by atoms with Crippen LogP contribution in [0, 0.1) is 0 Å². The number of amides is 1. The SMILES string of the molecule is COc1ccc(N(C(C)C)[C@H](O)Cc2ccc(O)c(NC=O)c2)cc1. The molecule has 134 valence electrons. The van der Waals surface area contributed by atoms with Crippen LogP contribution in [0.5, 0.6) is 11.5 Å². The smallest absolute Gasteiger partial charge is 0.211 e. The van der Waals surface area contributed by atoms with Crippen LogP contribution in [-0.4, -0.2) is 36.0 Å². The van der Waals surface area contributed by atoms with Crippen molar-refractivity contribution in [1.29, 1.82) is 0 Å². The molecule has 3 N–H and O–H groups in total. The first kappa shape index (κ1) is 18.6. The van der Waals surface area contributed by atoms with Gasteiger partial charge in [0.1, 0.15) is 17.7 Å². The molecule has 25 heavy (non-hydrogen) atoms. The molecule has 0 aliphatic rings. The molecule has 1 amide bonds. The van der Waals surface area contributed by atoms with Gasteiger partial charge in [-0.1, -0.05) is 6.07 Å². The third-order valence-electron chi connectivity index (χ3n) is 3.94. The number of rotatable bonds is 8. The molecule has 0 fully saturated rings. The van der Waals surface area contributed by atoms with Crippen molar-refractivity contribution in [3.05, 3.63) is 48.0 Å². The summed E-state index contributed by atoms with van der Waals surface area (Å²) < 4.78 is 5.17. The van der Waals surface area contributed by atoms with Crippen LogP contribution in [0.3, 0.4) is 0 Å². The van der Waals surface area contributed by atoms with Gasteiger partial charge in [-0.05, 0) is 55.8 Å². The number of anilines is 2. The Bertz CT molecular complexity index is 701. The van der Waals surface area contributed by atoms with Crippen LogP contribution in [0.2, 0.25) is 0 Å². The molecule has 0 spiro atoms. The lowest BCUT2D eigenvalue weighted by Gasteiger charge is -2.34. The van der Waals surface area contributed by atoms with Gasteiger partial charge >= 0.3 is 0 Å². The van der Waals surface area contributed by atoms with Gasteiger partial charge in [0.25, 0.3) is 0 Å². The summed E-state index contributed by atoms with van der Waals surface area (Å²) in [6.45, 7) is 4.01. The summed E-state index contributed by atoms with van der Waals surface area (Å²) >= 11 is 0. The Morgan fingerprint density at radius 1 is 1.20 bits per heavy atom. The molecule has 2 aromatic rings. The average molecular weight is 344 g/mol. The van der Waals surface area contributed by atoms with Gasteiger partial charge < -0.3 is 25.2 Å². The Balaban J connectivity index is 2.21. The second-order valence-corrected chi connectivity index (χ2v) is 6.00. The fraction of sp³-hybridized carbons (Fsp3) is 0.316. The van der Waals surface area contributed by atoms with Crippen LogP contribution in [-0.2, 0) is 11.2 Å². The fourth-order valence-corrected chi connectivity index (χ4v) is 2.77. The summed E-state index contributed by atoms with van der Waals surface area (Å²) in [5.41, 5.74) is 2.00. The van der Waals surface area contributed by atoms with Gasteiger partial charge in [-0.25, -0.2) is 0 Å². The predicted molar refractivity (Wildman–Crippen MR) is 98.1 cm³/mol. The van der Waals surface area contributed by atoms with E-state index in [0.717, 1.165) is 17.0 Å². The van der Waals surface area contributed by atoms with Crippen LogP contribution < -0.4 is 15.0 Å².